The molecule has 2 N–H and O–H groups in total. The fraction of sp³-hybridized carbons (Fsp3) is 0.120. The Bertz CT molecular complexity index is 996. The minimum Gasteiger partial charge on any atom is -0.374 e. The van der Waals surface area contributed by atoms with Crippen LogP contribution < -0.4 is 0 Å². The normalized spacial score (nSPS) is 13.6. The van der Waals surface area contributed by atoms with Crippen molar-refractivity contribution in [3.63, 3.8) is 0 Å². The van der Waals surface area contributed by atoms with Crippen molar-refractivity contribution in [1.82, 2.24) is 0 Å². The molecule has 3 aromatic carbocycles. The molecule has 0 saturated carbocycles. The van der Waals surface area contributed by atoms with Crippen molar-refractivity contribution >= 4 is 29.3 Å². The maximum atomic E-state index is 11.5. The van der Waals surface area contributed by atoms with Crippen molar-refractivity contribution < 1.29 is 10.2 Å². The van der Waals surface area contributed by atoms with E-state index < -0.39 is 11.2 Å². The van der Waals surface area contributed by atoms with Crippen molar-refractivity contribution in [1.29, 1.82) is 0 Å². The van der Waals surface area contributed by atoms with E-state index >= 15 is 0 Å². The molecular formula is C25H20Cl2O2. The molecule has 0 spiro atoms. The Morgan fingerprint density at radius 3 is 1.69 bits per heavy atom. The highest BCUT2D eigenvalue weighted by atomic mass is 35.5. The summed E-state index contributed by atoms with van der Waals surface area (Å²) in [6.45, 7) is 1.57. The molecule has 1 atom stereocenters. The van der Waals surface area contributed by atoms with Gasteiger partial charge in [-0.25, -0.2) is 0 Å². The van der Waals surface area contributed by atoms with Crippen molar-refractivity contribution in [3.05, 3.63) is 112 Å². The van der Waals surface area contributed by atoms with Crippen LogP contribution in [0.25, 0.3) is 6.08 Å². The van der Waals surface area contributed by atoms with Crippen LogP contribution in [-0.4, -0.2) is 15.8 Å². The third-order valence-corrected chi connectivity index (χ3v) is 4.92. The van der Waals surface area contributed by atoms with Gasteiger partial charge in [-0.1, -0.05) is 95.7 Å². The Labute approximate surface area is 181 Å². The quantitative estimate of drug-likeness (QED) is 0.529. The van der Waals surface area contributed by atoms with Gasteiger partial charge in [0.25, 0.3) is 0 Å². The summed E-state index contributed by atoms with van der Waals surface area (Å²) in [6.07, 6.45) is 3.39. The standard InChI is InChI=1S/C25H20Cl2O2/c1-24(28,16-15-19-5-3-2-4-6-19)17-18-25(29,20-7-11-22(26)12-8-20)21-9-13-23(27)14-10-21/h2-16,28-29H,1H3/b16-15+. The summed E-state index contributed by atoms with van der Waals surface area (Å²) in [5.41, 5.74) is -1.05. The summed E-state index contributed by atoms with van der Waals surface area (Å²) in [5.74, 6) is 5.66. The third kappa shape index (κ3) is 5.50. The Kier molecular flexibility index (Phi) is 6.47. The van der Waals surface area contributed by atoms with Gasteiger partial charge in [0.05, 0.1) is 0 Å². The van der Waals surface area contributed by atoms with Crippen LogP contribution in [-0.2, 0) is 5.60 Å². The maximum Gasteiger partial charge on any atom is 0.176 e. The van der Waals surface area contributed by atoms with Crippen molar-refractivity contribution in [2.75, 3.05) is 0 Å². The first-order valence-corrected chi connectivity index (χ1v) is 9.80. The zero-order valence-corrected chi connectivity index (χ0v) is 17.3. The Balaban J connectivity index is 2.00. The van der Waals surface area contributed by atoms with Gasteiger partial charge >= 0.3 is 0 Å². The lowest BCUT2D eigenvalue weighted by Gasteiger charge is -2.24. The number of aliphatic hydroxyl groups is 2. The topological polar surface area (TPSA) is 40.5 Å². The second-order valence-corrected chi connectivity index (χ2v) is 7.74. The lowest BCUT2D eigenvalue weighted by atomic mass is 9.86. The van der Waals surface area contributed by atoms with Crippen LogP contribution in [0.1, 0.15) is 23.6 Å². The molecule has 4 heteroatoms. The molecular weight excluding hydrogens is 403 g/mol. The fourth-order valence-electron chi connectivity index (χ4n) is 2.77. The molecule has 0 bridgehead atoms. The van der Waals surface area contributed by atoms with E-state index in [1.54, 1.807) is 67.6 Å². The molecule has 29 heavy (non-hydrogen) atoms. The van der Waals surface area contributed by atoms with Gasteiger partial charge in [-0.2, -0.15) is 0 Å². The highest BCUT2D eigenvalue weighted by Gasteiger charge is 2.30. The third-order valence-electron chi connectivity index (χ3n) is 4.42. The first-order valence-electron chi connectivity index (χ1n) is 9.04. The van der Waals surface area contributed by atoms with Crippen LogP contribution in [0.2, 0.25) is 10.0 Å². The monoisotopic (exact) mass is 422 g/mol. The molecule has 0 radical (unpaired) electrons. The molecule has 0 amide bonds. The molecule has 1 unspecified atom stereocenters. The van der Waals surface area contributed by atoms with Crippen molar-refractivity contribution in [3.8, 4) is 11.8 Å². The second kappa shape index (κ2) is 8.86. The summed E-state index contributed by atoms with van der Waals surface area (Å²) in [6, 6.07) is 23.2. The minimum absolute atomic E-state index is 0.541. The average Bonchev–Trinajstić information content (AvgIpc) is 2.72. The SMILES string of the molecule is CC(O)(C#CC(O)(c1ccc(Cl)cc1)c1ccc(Cl)cc1)/C=C/c1ccccc1. The Hall–Kier alpha value is -2.54. The van der Waals surface area contributed by atoms with E-state index in [4.69, 9.17) is 23.2 Å². The molecule has 3 rings (SSSR count). The molecule has 0 fully saturated rings. The van der Waals surface area contributed by atoms with E-state index in [0.29, 0.717) is 21.2 Å². The molecule has 0 aromatic heterocycles. The number of hydrogen-bond acceptors (Lipinski definition) is 2. The molecule has 0 aliphatic carbocycles. The van der Waals surface area contributed by atoms with E-state index in [-0.39, 0.29) is 0 Å². The van der Waals surface area contributed by atoms with Crippen LogP contribution in [0.3, 0.4) is 0 Å². The van der Waals surface area contributed by atoms with Crippen molar-refractivity contribution in [2.45, 2.75) is 18.1 Å². The van der Waals surface area contributed by atoms with E-state index in [2.05, 4.69) is 11.8 Å². The van der Waals surface area contributed by atoms with E-state index in [0.717, 1.165) is 5.56 Å². The lowest BCUT2D eigenvalue weighted by Crippen LogP contribution is -2.27. The van der Waals surface area contributed by atoms with E-state index in [1.165, 1.54) is 0 Å². The summed E-state index contributed by atoms with van der Waals surface area (Å²) in [7, 11) is 0. The van der Waals surface area contributed by atoms with Crippen LogP contribution in [0, 0.1) is 11.8 Å². The molecule has 0 aliphatic rings. The van der Waals surface area contributed by atoms with Crippen LogP contribution >= 0.6 is 23.2 Å². The second-order valence-electron chi connectivity index (χ2n) is 6.87. The van der Waals surface area contributed by atoms with Gasteiger partial charge in [0.2, 0.25) is 0 Å². The minimum atomic E-state index is -1.64. The molecule has 3 aromatic rings. The van der Waals surface area contributed by atoms with E-state index in [9.17, 15) is 10.2 Å². The number of hydrogen-bond donors (Lipinski definition) is 2. The average molecular weight is 423 g/mol. The smallest absolute Gasteiger partial charge is 0.176 e. The predicted molar refractivity (Wildman–Crippen MR) is 120 cm³/mol. The Morgan fingerprint density at radius 2 is 1.21 bits per heavy atom. The fourth-order valence-corrected chi connectivity index (χ4v) is 3.03. The van der Waals surface area contributed by atoms with Gasteiger partial charge in [0.1, 0.15) is 5.60 Å². The molecule has 0 aliphatic heterocycles. The highest BCUT2D eigenvalue weighted by Crippen LogP contribution is 2.31. The molecule has 2 nitrogen and oxygen atoms in total. The summed E-state index contributed by atoms with van der Waals surface area (Å²) < 4.78 is 0. The number of rotatable bonds is 4. The van der Waals surface area contributed by atoms with Crippen molar-refractivity contribution in [2.24, 2.45) is 0 Å². The highest BCUT2D eigenvalue weighted by molar-refractivity contribution is 6.30. The van der Waals surface area contributed by atoms with Crippen LogP contribution in [0.4, 0.5) is 0 Å². The van der Waals surface area contributed by atoms with Gasteiger partial charge in [-0.3, -0.25) is 0 Å². The first-order chi connectivity index (χ1) is 13.8. The van der Waals surface area contributed by atoms with Gasteiger partial charge in [-0.05, 0) is 42.8 Å². The van der Waals surface area contributed by atoms with Gasteiger partial charge in [0.15, 0.2) is 5.60 Å². The van der Waals surface area contributed by atoms with Crippen LogP contribution in [0.15, 0.2) is 84.9 Å². The summed E-state index contributed by atoms with van der Waals surface area (Å²) in [4.78, 5) is 0. The molecule has 146 valence electrons. The number of benzene rings is 3. The largest absolute Gasteiger partial charge is 0.374 e. The summed E-state index contributed by atoms with van der Waals surface area (Å²) >= 11 is 12.0. The van der Waals surface area contributed by atoms with Gasteiger partial charge < -0.3 is 10.2 Å². The molecule has 0 heterocycles. The molecule has 0 saturated heterocycles. The Morgan fingerprint density at radius 1 is 0.724 bits per heavy atom. The predicted octanol–water partition coefficient (Wildman–Crippen LogP) is 5.70. The first kappa shape index (κ1) is 21.2. The van der Waals surface area contributed by atoms with Gasteiger partial charge in [0, 0.05) is 21.2 Å². The maximum absolute atomic E-state index is 11.5. The van der Waals surface area contributed by atoms with Crippen LogP contribution in [0.5, 0.6) is 0 Å². The van der Waals surface area contributed by atoms with Gasteiger partial charge in [-0.15, -0.1) is 0 Å². The summed E-state index contributed by atoms with van der Waals surface area (Å²) in [5, 5.41) is 23.3. The zero-order chi connectivity index (χ0) is 20.9. The van der Waals surface area contributed by atoms with E-state index in [1.807, 2.05) is 30.3 Å². The zero-order valence-electron chi connectivity index (χ0n) is 15.8. The lowest BCUT2D eigenvalue weighted by molar-refractivity contribution is 0.141. The number of halogens is 2.